The molecule has 2 fully saturated rings. The normalized spacial score (nSPS) is 21.1. The van der Waals surface area contributed by atoms with E-state index in [0.29, 0.717) is 17.0 Å². The third-order valence-corrected chi connectivity index (χ3v) is 7.69. The van der Waals surface area contributed by atoms with Gasteiger partial charge in [0, 0.05) is 6.54 Å². The number of hydrogen-bond acceptors (Lipinski definition) is 5. The Morgan fingerprint density at radius 3 is 2.54 bits per heavy atom. The molecule has 6 heteroatoms. The van der Waals surface area contributed by atoms with Crippen LogP contribution in [0.15, 0.2) is 24.3 Å². The molecule has 3 rings (SSSR count). The molecule has 1 aliphatic carbocycles. The molecule has 1 atom stereocenters. The third-order valence-electron chi connectivity index (χ3n) is 4.68. The molecule has 4 nitrogen and oxygen atoms in total. The lowest BCUT2D eigenvalue weighted by molar-refractivity contribution is -0.125. The molecule has 0 bridgehead atoms. The number of amides is 1. The summed E-state index contributed by atoms with van der Waals surface area (Å²) in [7, 11) is 0. The van der Waals surface area contributed by atoms with E-state index in [9.17, 15) is 4.79 Å². The fourth-order valence-electron chi connectivity index (χ4n) is 2.95. The van der Waals surface area contributed by atoms with Crippen molar-refractivity contribution in [3.8, 4) is 5.75 Å². The SMILES string of the molecule is CC(CN)(NC(=O)COc1ccc(C2SCCCS2)cc1)C1CC1. The fourth-order valence-corrected chi connectivity index (χ4v) is 5.84. The smallest absolute Gasteiger partial charge is 0.258 e. The van der Waals surface area contributed by atoms with Gasteiger partial charge in [-0.05, 0) is 61.3 Å². The number of nitrogens with two attached hydrogens (primary N) is 1. The van der Waals surface area contributed by atoms with Gasteiger partial charge in [-0.3, -0.25) is 4.79 Å². The Kier molecular flexibility index (Phi) is 6.00. The molecule has 3 N–H and O–H groups in total. The van der Waals surface area contributed by atoms with Crippen molar-refractivity contribution in [3.63, 3.8) is 0 Å². The van der Waals surface area contributed by atoms with Crippen LogP contribution in [0.4, 0.5) is 0 Å². The Bertz CT molecular complexity index is 557. The Morgan fingerprint density at radius 2 is 1.96 bits per heavy atom. The van der Waals surface area contributed by atoms with E-state index in [4.69, 9.17) is 10.5 Å². The lowest BCUT2D eigenvalue weighted by Gasteiger charge is -2.29. The van der Waals surface area contributed by atoms with Gasteiger partial charge in [-0.25, -0.2) is 0 Å². The molecule has 0 aromatic heterocycles. The number of thioether (sulfide) groups is 2. The van der Waals surface area contributed by atoms with Crippen molar-refractivity contribution in [1.82, 2.24) is 5.32 Å². The van der Waals surface area contributed by atoms with Gasteiger partial charge >= 0.3 is 0 Å². The van der Waals surface area contributed by atoms with Crippen LogP contribution in [0, 0.1) is 5.92 Å². The maximum Gasteiger partial charge on any atom is 0.258 e. The van der Waals surface area contributed by atoms with Crippen molar-refractivity contribution in [2.24, 2.45) is 11.7 Å². The summed E-state index contributed by atoms with van der Waals surface area (Å²) in [6.07, 6.45) is 3.59. The van der Waals surface area contributed by atoms with E-state index in [1.807, 2.05) is 42.6 Å². The highest BCUT2D eigenvalue weighted by atomic mass is 32.2. The summed E-state index contributed by atoms with van der Waals surface area (Å²) < 4.78 is 6.16. The number of hydrogen-bond donors (Lipinski definition) is 2. The summed E-state index contributed by atoms with van der Waals surface area (Å²) in [6, 6.07) is 8.14. The minimum atomic E-state index is -0.292. The molecule has 1 saturated carbocycles. The first-order valence-electron chi connectivity index (χ1n) is 8.58. The van der Waals surface area contributed by atoms with Crippen molar-refractivity contribution >= 4 is 29.4 Å². The highest BCUT2D eigenvalue weighted by Gasteiger charge is 2.41. The van der Waals surface area contributed by atoms with Crippen LogP contribution in [0.1, 0.15) is 36.3 Å². The van der Waals surface area contributed by atoms with Crippen molar-refractivity contribution in [2.75, 3.05) is 24.7 Å². The van der Waals surface area contributed by atoms with Crippen molar-refractivity contribution in [2.45, 2.75) is 36.3 Å². The van der Waals surface area contributed by atoms with Gasteiger partial charge in [0.2, 0.25) is 0 Å². The molecule has 0 spiro atoms. The second-order valence-electron chi connectivity index (χ2n) is 6.73. The molecule has 1 saturated heterocycles. The van der Waals surface area contributed by atoms with Crippen molar-refractivity contribution in [1.29, 1.82) is 0 Å². The minimum Gasteiger partial charge on any atom is -0.484 e. The molecule has 1 amide bonds. The topological polar surface area (TPSA) is 64.3 Å². The largest absolute Gasteiger partial charge is 0.484 e. The molecule has 1 unspecified atom stereocenters. The average Bonchev–Trinajstić information content (AvgIpc) is 3.47. The van der Waals surface area contributed by atoms with E-state index >= 15 is 0 Å². The minimum absolute atomic E-state index is 0.0363. The number of carbonyl (C=O) groups excluding carboxylic acids is 1. The van der Waals surface area contributed by atoms with E-state index in [-0.39, 0.29) is 18.1 Å². The zero-order valence-electron chi connectivity index (χ0n) is 14.1. The van der Waals surface area contributed by atoms with Crippen LogP contribution >= 0.6 is 23.5 Å². The zero-order chi connectivity index (χ0) is 17.0. The molecule has 2 aliphatic rings. The highest BCUT2D eigenvalue weighted by Crippen LogP contribution is 2.43. The molecule has 1 aliphatic heterocycles. The van der Waals surface area contributed by atoms with Crippen molar-refractivity contribution < 1.29 is 9.53 Å². The fraction of sp³-hybridized carbons (Fsp3) is 0.611. The van der Waals surface area contributed by atoms with Gasteiger partial charge in [0.1, 0.15) is 5.75 Å². The maximum atomic E-state index is 12.1. The summed E-state index contributed by atoms with van der Waals surface area (Å²) in [5, 5.41) is 3.04. The van der Waals surface area contributed by atoms with E-state index < -0.39 is 0 Å². The van der Waals surface area contributed by atoms with Gasteiger partial charge in [-0.15, -0.1) is 23.5 Å². The zero-order valence-corrected chi connectivity index (χ0v) is 15.8. The van der Waals surface area contributed by atoms with E-state index in [1.54, 1.807) is 0 Å². The van der Waals surface area contributed by atoms with Gasteiger partial charge in [-0.2, -0.15) is 0 Å². The maximum absolute atomic E-state index is 12.1. The van der Waals surface area contributed by atoms with Gasteiger partial charge in [0.25, 0.3) is 5.91 Å². The number of nitrogens with one attached hydrogen (secondary N) is 1. The standard InChI is InChI=1S/C18H26N2O2S2/c1-18(12-19,14-5-6-14)20-16(21)11-22-15-7-3-13(4-8-15)17-23-9-2-10-24-17/h3-4,7-8,14,17H,2,5-6,9-12,19H2,1H3,(H,20,21). The Hall–Kier alpha value is -0.850. The lowest BCUT2D eigenvalue weighted by atomic mass is 9.96. The van der Waals surface area contributed by atoms with Crippen molar-refractivity contribution in [3.05, 3.63) is 29.8 Å². The van der Waals surface area contributed by atoms with Crippen LogP contribution in [0.3, 0.4) is 0 Å². The van der Waals surface area contributed by atoms with E-state index in [2.05, 4.69) is 17.4 Å². The number of ether oxygens (including phenoxy) is 1. The predicted molar refractivity (Wildman–Crippen MR) is 103 cm³/mol. The molecular weight excluding hydrogens is 340 g/mol. The quantitative estimate of drug-likeness (QED) is 0.776. The van der Waals surface area contributed by atoms with Gasteiger partial charge < -0.3 is 15.8 Å². The molecule has 1 aromatic carbocycles. The van der Waals surface area contributed by atoms with Gasteiger partial charge in [0.15, 0.2) is 6.61 Å². The molecule has 0 radical (unpaired) electrons. The second-order valence-corrected chi connectivity index (χ2v) is 9.45. The highest BCUT2D eigenvalue weighted by molar-refractivity contribution is 8.16. The Labute approximate surface area is 152 Å². The average molecular weight is 367 g/mol. The first kappa shape index (κ1) is 18.0. The van der Waals surface area contributed by atoms with E-state index in [1.165, 1.54) is 23.5 Å². The summed E-state index contributed by atoms with van der Waals surface area (Å²) >= 11 is 4.01. The van der Waals surface area contributed by atoms with Gasteiger partial charge in [-0.1, -0.05) is 12.1 Å². The first-order chi connectivity index (χ1) is 11.6. The molecule has 132 valence electrons. The van der Waals surface area contributed by atoms with Crippen LogP contribution in [-0.4, -0.2) is 36.1 Å². The van der Waals surface area contributed by atoms with Crippen LogP contribution in [-0.2, 0) is 4.79 Å². The third kappa shape index (κ3) is 4.61. The summed E-state index contributed by atoms with van der Waals surface area (Å²) in [5.74, 6) is 3.61. The van der Waals surface area contributed by atoms with Crippen LogP contribution in [0.2, 0.25) is 0 Å². The monoisotopic (exact) mass is 366 g/mol. The number of benzene rings is 1. The summed E-state index contributed by atoms with van der Waals surface area (Å²) in [6.45, 7) is 2.53. The molecule has 1 heterocycles. The molecule has 24 heavy (non-hydrogen) atoms. The predicted octanol–water partition coefficient (Wildman–Crippen LogP) is 3.18. The summed E-state index contributed by atoms with van der Waals surface area (Å²) in [4.78, 5) is 12.1. The number of carbonyl (C=O) groups is 1. The lowest BCUT2D eigenvalue weighted by Crippen LogP contribution is -2.54. The van der Waals surface area contributed by atoms with E-state index in [0.717, 1.165) is 18.6 Å². The van der Waals surface area contributed by atoms with Gasteiger partial charge in [0.05, 0.1) is 10.1 Å². The van der Waals surface area contributed by atoms with Crippen LogP contribution < -0.4 is 15.8 Å². The summed E-state index contributed by atoms with van der Waals surface area (Å²) in [5.41, 5.74) is 6.86. The second kappa shape index (κ2) is 8.02. The first-order valence-corrected chi connectivity index (χ1v) is 10.7. The Balaban J connectivity index is 1.48. The number of rotatable bonds is 7. The van der Waals surface area contributed by atoms with Crippen LogP contribution in [0.25, 0.3) is 0 Å². The van der Waals surface area contributed by atoms with Crippen LogP contribution in [0.5, 0.6) is 5.75 Å². The Morgan fingerprint density at radius 1 is 1.29 bits per heavy atom. The molecule has 1 aromatic rings. The molecular formula is C18H26N2O2S2.